The zero-order chi connectivity index (χ0) is 23.9. The maximum absolute atomic E-state index is 15.1. The van der Waals surface area contributed by atoms with Gasteiger partial charge in [0.15, 0.2) is 28.9 Å². The molecular formula is C26H22F2N2O3S. The lowest BCUT2D eigenvalue weighted by Gasteiger charge is -2.43. The molecule has 1 fully saturated rings. The van der Waals surface area contributed by atoms with Gasteiger partial charge in [-0.3, -0.25) is 19.3 Å². The highest BCUT2D eigenvalue weighted by Crippen LogP contribution is 2.58. The van der Waals surface area contributed by atoms with Crippen molar-refractivity contribution in [3.8, 4) is 5.75 Å². The molecule has 3 atom stereocenters. The van der Waals surface area contributed by atoms with Crippen LogP contribution in [0.25, 0.3) is 0 Å². The summed E-state index contributed by atoms with van der Waals surface area (Å²) in [5, 5.41) is 12.6. The van der Waals surface area contributed by atoms with E-state index in [2.05, 4.69) is 0 Å². The summed E-state index contributed by atoms with van der Waals surface area (Å²) in [6.45, 7) is 4.30. The molecule has 2 aromatic carbocycles. The number of benzene rings is 2. The summed E-state index contributed by atoms with van der Waals surface area (Å²) in [5.41, 5.74) is 1.44. The number of fused-ring (bicyclic) bond motifs is 3. The van der Waals surface area contributed by atoms with Crippen LogP contribution >= 0.6 is 11.8 Å². The number of pyridine rings is 1. The monoisotopic (exact) mass is 480 g/mol. The fourth-order valence-electron chi connectivity index (χ4n) is 5.59. The Kier molecular flexibility index (Phi) is 4.52. The van der Waals surface area contributed by atoms with Gasteiger partial charge in [0.2, 0.25) is 5.43 Å². The number of Topliss-reactive ketones (excluding diaryl/α,β-unsaturated/α-hetero) is 1. The number of hydrogen-bond acceptors (Lipinski definition) is 5. The molecule has 3 unspecified atom stereocenters. The van der Waals surface area contributed by atoms with Crippen molar-refractivity contribution in [1.82, 2.24) is 4.68 Å². The molecular weight excluding hydrogens is 458 g/mol. The van der Waals surface area contributed by atoms with Crippen LogP contribution in [0, 0.1) is 29.9 Å². The molecule has 3 heterocycles. The highest BCUT2D eigenvalue weighted by molar-refractivity contribution is 7.98. The van der Waals surface area contributed by atoms with E-state index in [0.29, 0.717) is 18.5 Å². The van der Waals surface area contributed by atoms with Crippen LogP contribution in [0.3, 0.4) is 0 Å². The number of carbonyl (C=O) groups excluding carboxylic acids is 1. The second kappa shape index (κ2) is 7.18. The van der Waals surface area contributed by atoms with Crippen molar-refractivity contribution in [1.29, 1.82) is 0 Å². The van der Waals surface area contributed by atoms with Gasteiger partial charge in [-0.25, -0.2) is 8.78 Å². The topological polar surface area (TPSA) is 62.5 Å². The van der Waals surface area contributed by atoms with Crippen molar-refractivity contribution >= 4 is 17.5 Å². The first-order chi connectivity index (χ1) is 16.2. The maximum atomic E-state index is 15.1. The number of carbonyl (C=O) groups is 1. The third kappa shape index (κ3) is 2.78. The number of rotatable bonds is 1. The minimum absolute atomic E-state index is 0.0432. The second-order valence-corrected chi connectivity index (χ2v) is 10.5. The van der Waals surface area contributed by atoms with Crippen LogP contribution in [0.2, 0.25) is 0 Å². The third-order valence-electron chi connectivity index (χ3n) is 7.62. The predicted octanol–water partition coefficient (Wildman–Crippen LogP) is 4.70. The van der Waals surface area contributed by atoms with Crippen molar-refractivity contribution in [3.63, 3.8) is 0 Å². The van der Waals surface area contributed by atoms with E-state index >= 15 is 4.39 Å². The van der Waals surface area contributed by atoms with Crippen LogP contribution < -0.4 is 10.4 Å². The summed E-state index contributed by atoms with van der Waals surface area (Å²) in [6.07, 6.45) is 2.12. The number of ketones is 1. The highest BCUT2D eigenvalue weighted by atomic mass is 32.2. The fraction of sp³-hybridized carbons (Fsp3) is 0.308. The molecule has 0 radical (unpaired) electrons. The zero-order valence-corrected chi connectivity index (χ0v) is 19.5. The van der Waals surface area contributed by atoms with Crippen molar-refractivity contribution in [2.75, 3.05) is 11.6 Å². The van der Waals surface area contributed by atoms with Crippen LogP contribution in [-0.4, -0.2) is 22.1 Å². The van der Waals surface area contributed by atoms with Crippen LogP contribution in [0.4, 0.5) is 8.78 Å². The van der Waals surface area contributed by atoms with Gasteiger partial charge in [0.25, 0.3) is 0 Å². The first-order valence-corrected chi connectivity index (χ1v) is 12.2. The summed E-state index contributed by atoms with van der Waals surface area (Å²) in [7, 11) is 0. The normalized spacial score (nSPS) is 24.9. The molecule has 1 spiro atoms. The number of halogens is 2. The molecule has 0 saturated heterocycles. The molecule has 34 heavy (non-hydrogen) atoms. The summed E-state index contributed by atoms with van der Waals surface area (Å²) in [5.74, 6) is -2.25. The minimum Gasteiger partial charge on any atom is -0.503 e. The third-order valence-corrected chi connectivity index (χ3v) is 8.90. The van der Waals surface area contributed by atoms with Crippen LogP contribution in [0.15, 0.2) is 52.3 Å². The van der Waals surface area contributed by atoms with E-state index in [-0.39, 0.29) is 28.7 Å². The van der Waals surface area contributed by atoms with Crippen LogP contribution in [0.1, 0.15) is 52.1 Å². The molecule has 0 bridgehead atoms. The first-order valence-electron chi connectivity index (χ1n) is 11.2. The molecule has 1 N–H and O–H groups in total. The molecule has 0 amide bonds. The van der Waals surface area contributed by atoms with Gasteiger partial charge >= 0.3 is 0 Å². The van der Waals surface area contributed by atoms with Crippen LogP contribution in [-0.2, 0) is 5.75 Å². The van der Waals surface area contributed by atoms with Crippen molar-refractivity contribution in [3.05, 3.63) is 92.4 Å². The zero-order valence-electron chi connectivity index (χ0n) is 18.6. The van der Waals surface area contributed by atoms with Crippen molar-refractivity contribution in [2.45, 2.75) is 37.0 Å². The van der Waals surface area contributed by atoms with E-state index in [9.17, 15) is 19.1 Å². The lowest BCUT2D eigenvalue weighted by molar-refractivity contribution is 0.0844. The van der Waals surface area contributed by atoms with Gasteiger partial charge in [0.1, 0.15) is 0 Å². The predicted molar refractivity (Wildman–Crippen MR) is 125 cm³/mol. The van der Waals surface area contributed by atoms with E-state index in [1.165, 1.54) is 28.7 Å². The van der Waals surface area contributed by atoms with E-state index < -0.39 is 34.3 Å². The molecule has 1 aromatic heterocycles. The van der Waals surface area contributed by atoms with Crippen molar-refractivity contribution < 1.29 is 18.7 Å². The van der Waals surface area contributed by atoms with Crippen LogP contribution in [0.5, 0.6) is 5.75 Å². The SMILES string of the molecule is Cc1cccc2c1SCc1c(ccc(F)c1F)C2N1CC2(CC2C)C(=O)c2c(O)c(=O)ccn21. The second-order valence-electron chi connectivity index (χ2n) is 9.52. The minimum atomic E-state index is -0.899. The fourth-order valence-corrected chi connectivity index (χ4v) is 6.81. The highest BCUT2D eigenvalue weighted by Gasteiger charge is 2.62. The summed E-state index contributed by atoms with van der Waals surface area (Å²) in [4.78, 5) is 26.7. The quantitative estimate of drug-likeness (QED) is 0.547. The van der Waals surface area contributed by atoms with E-state index in [1.54, 1.807) is 6.07 Å². The van der Waals surface area contributed by atoms with E-state index in [1.807, 2.05) is 37.1 Å². The van der Waals surface area contributed by atoms with E-state index in [4.69, 9.17) is 0 Å². The molecule has 1 saturated carbocycles. The molecule has 2 aliphatic heterocycles. The average Bonchev–Trinajstić information content (AvgIpc) is 3.50. The number of hydrogen-bond donors (Lipinski definition) is 1. The first kappa shape index (κ1) is 21.4. The van der Waals surface area contributed by atoms with Crippen molar-refractivity contribution in [2.24, 2.45) is 11.3 Å². The van der Waals surface area contributed by atoms with Gasteiger partial charge < -0.3 is 5.11 Å². The smallest absolute Gasteiger partial charge is 0.224 e. The summed E-state index contributed by atoms with van der Waals surface area (Å²) < 4.78 is 30.9. The number of thioether (sulfide) groups is 1. The van der Waals surface area contributed by atoms with Gasteiger partial charge in [0, 0.05) is 35.0 Å². The maximum Gasteiger partial charge on any atom is 0.224 e. The standard InChI is InChI=1S/C26H22F2N2O3S/c1-13-4-3-5-16-21(15-6-7-18(27)20(28)17(15)11-34-24(13)16)30-12-26(10-14(26)2)25(33)22-23(32)19(31)8-9-29(22)30/h3-9,14,21,32H,10-12H2,1-2H3. The Morgan fingerprint density at radius 3 is 2.62 bits per heavy atom. The molecule has 5 nitrogen and oxygen atoms in total. The molecule has 8 heteroatoms. The Morgan fingerprint density at radius 1 is 1.12 bits per heavy atom. The Hall–Kier alpha value is -3.13. The number of aromatic hydroxyl groups is 1. The Balaban J connectivity index is 1.66. The van der Waals surface area contributed by atoms with E-state index in [0.717, 1.165) is 22.1 Å². The lowest BCUT2D eigenvalue weighted by Crippen LogP contribution is -2.52. The molecule has 3 aromatic rings. The Labute approximate surface area is 199 Å². The summed E-state index contributed by atoms with van der Waals surface area (Å²) >= 11 is 1.46. The molecule has 3 aliphatic rings. The number of aryl methyl sites for hydroxylation is 1. The average molecular weight is 481 g/mol. The summed E-state index contributed by atoms with van der Waals surface area (Å²) in [6, 6.07) is 9.31. The molecule has 6 rings (SSSR count). The Bertz CT molecular complexity index is 1450. The number of aromatic nitrogens is 1. The molecule has 1 aliphatic carbocycles. The number of nitrogens with zero attached hydrogens (tertiary/aromatic N) is 2. The largest absolute Gasteiger partial charge is 0.503 e. The van der Waals surface area contributed by atoms with Gasteiger partial charge in [-0.1, -0.05) is 31.2 Å². The Morgan fingerprint density at radius 2 is 1.88 bits per heavy atom. The van der Waals surface area contributed by atoms with Gasteiger partial charge in [-0.15, -0.1) is 11.8 Å². The molecule has 174 valence electrons. The van der Waals surface area contributed by atoms with Gasteiger partial charge in [-0.05, 0) is 42.0 Å². The van der Waals surface area contributed by atoms with Gasteiger partial charge in [0.05, 0.1) is 11.5 Å². The lowest BCUT2D eigenvalue weighted by atomic mass is 9.88. The van der Waals surface area contributed by atoms with Gasteiger partial charge in [-0.2, -0.15) is 0 Å².